The summed E-state index contributed by atoms with van der Waals surface area (Å²) in [6, 6.07) is 10.3. The van der Waals surface area contributed by atoms with Crippen molar-refractivity contribution in [1.29, 1.82) is 5.26 Å². The number of piperazine rings is 1. The highest BCUT2D eigenvalue weighted by Crippen LogP contribution is 2.34. The van der Waals surface area contributed by atoms with E-state index in [1.807, 2.05) is 6.07 Å². The Bertz CT molecular complexity index is 1130. The summed E-state index contributed by atoms with van der Waals surface area (Å²) in [7, 11) is -4.02. The fraction of sp³-hybridized carbons (Fsp3) is 0.300. The number of sulfonamides is 1. The smallest absolute Gasteiger partial charge is 0.317 e. The van der Waals surface area contributed by atoms with Crippen molar-refractivity contribution in [2.45, 2.75) is 4.90 Å². The van der Waals surface area contributed by atoms with Gasteiger partial charge in [0.1, 0.15) is 16.4 Å². The Hall–Kier alpha value is -2.22. The van der Waals surface area contributed by atoms with Gasteiger partial charge in [-0.3, -0.25) is 0 Å². The quantitative estimate of drug-likeness (QED) is 0.585. The van der Waals surface area contributed by atoms with Crippen molar-refractivity contribution in [2.24, 2.45) is 0 Å². The highest BCUT2D eigenvalue weighted by molar-refractivity contribution is 7.89. The molecule has 1 N–H and O–H groups in total. The molecule has 1 fully saturated rings. The van der Waals surface area contributed by atoms with Crippen LogP contribution < -0.4 is 10.1 Å². The first kappa shape index (κ1) is 24.4. The van der Waals surface area contributed by atoms with E-state index in [9.17, 15) is 18.5 Å². The third-order valence-electron chi connectivity index (χ3n) is 4.65. The van der Waals surface area contributed by atoms with Crippen molar-refractivity contribution in [3.8, 4) is 17.6 Å². The van der Waals surface area contributed by atoms with E-state index < -0.39 is 10.0 Å². The summed E-state index contributed by atoms with van der Waals surface area (Å²) < 4.78 is 33.8. The number of urea groups is 1. The number of nitriles is 1. The minimum Gasteiger partial charge on any atom is -0.456 e. The SMILES string of the molecule is N#Cc1ccc(Oc2cc(Cl)cc(Cl)c2)c(S(=O)(=O)N2CCN(C(=O)NCCCl)CC2)c1. The molecule has 170 valence electrons. The van der Waals surface area contributed by atoms with Gasteiger partial charge in [-0.1, -0.05) is 23.2 Å². The lowest BCUT2D eigenvalue weighted by Gasteiger charge is -2.34. The number of hydrogen-bond donors (Lipinski definition) is 1. The Labute approximate surface area is 201 Å². The van der Waals surface area contributed by atoms with E-state index in [1.165, 1.54) is 45.6 Å². The molecule has 2 amide bonds. The van der Waals surface area contributed by atoms with E-state index >= 15 is 0 Å². The van der Waals surface area contributed by atoms with Gasteiger partial charge in [0.05, 0.1) is 11.6 Å². The molecular weight excluding hydrogens is 499 g/mol. The van der Waals surface area contributed by atoms with Crippen LogP contribution in [0.4, 0.5) is 4.79 Å². The van der Waals surface area contributed by atoms with Gasteiger partial charge in [0, 0.05) is 48.6 Å². The number of halogens is 3. The number of nitrogens with one attached hydrogen (secondary N) is 1. The van der Waals surface area contributed by atoms with Gasteiger partial charge >= 0.3 is 6.03 Å². The standard InChI is InChI=1S/C20H19Cl3N4O4S/c21-3-4-25-20(28)26-5-7-27(8-6-26)32(29,30)19-9-14(13-24)1-2-18(19)31-17-11-15(22)10-16(23)12-17/h1-2,9-12H,3-8H2,(H,25,28). The minimum atomic E-state index is -4.02. The number of amides is 2. The molecule has 2 aromatic rings. The van der Waals surface area contributed by atoms with Crippen LogP contribution in [-0.4, -0.2) is 62.3 Å². The first-order valence-electron chi connectivity index (χ1n) is 9.51. The first-order chi connectivity index (χ1) is 15.2. The summed E-state index contributed by atoms with van der Waals surface area (Å²) in [6.45, 7) is 0.941. The Morgan fingerprint density at radius 1 is 1.09 bits per heavy atom. The number of benzene rings is 2. The Morgan fingerprint density at radius 3 is 2.34 bits per heavy atom. The average Bonchev–Trinajstić information content (AvgIpc) is 2.77. The predicted molar refractivity (Wildman–Crippen MR) is 122 cm³/mol. The summed E-state index contributed by atoms with van der Waals surface area (Å²) in [5.74, 6) is 0.574. The zero-order chi connectivity index (χ0) is 23.3. The van der Waals surface area contributed by atoms with E-state index in [-0.39, 0.29) is 60.0 Å². The van der Waals surface area contributed by atoms with Gasteiger partial charge in [0.15, 0.2) is 0 Å². The lowest BCUT2D eigenvalue weighted by molar-refractivity contribution is 0.173. The normalized spacial score (nSPS) is 14.6. The predicted octanol–water partition coefficient (Wildman–Crippen LogP) is 3.91. The molecule has 0 saturated carbocycles. The van der Waals surface area contributed by atoms with Gasteiger partial charge in [-0.25, -0.2) is 13.2 Å². The largest absolute Gasteiger partial charge is 0.456 e. The monoisotopic (exact) mass is 516 g/mol. The Balaban J connectivity index is 1.85. The molecule has 0 aliphatic carbocycles. The van der Waals surface area contributed by atoms with Crippen LogP contribution >= 0.6 is 34.8 Å². The van der Waals surface area contributed by atoms with Gasteiger partial charge in [-0.15, -0.1) is 11.6 Å². The topological polar surface area (TPSA) is 103 Å². The number of hydrogen-bond acceptors (Lipinski definition) is 5. The maximum atomic E-state index is 13.4. The maximum Gasteiger partial charge on any atom is 0.317 e. The van der Waals surface area contributed by atoms with E-state index in [4.69, 9.17) is 39.5 Å². The second kappa shape index (κ2) is 10.6. The zero-order valence-corrected chi connectivity index (χ0v) is 19.8. The molecule has 1 saturated heterocycles. The second-order valence-corrected chi connectivity index (χ2v) is 9.95. The van der Waals surface area contributed by atoms with Crippen LogP contribution in [0.3, 0.4) is 0 Å². The fourth-order valence-electron chi connectivity index (χ4n) is 3.11. The van der Waals surface area contributed by atoms with E-state index in [2.05, 4.69) is 5.32 Å². The van der Waals surface area contributed by atoms with E-state index in [0.717, 1.165) is 0 Å². The highest BCUT2D eigenvalue weighted by atomic mass is 35.5. The lowest BCUT2D eigenvalue weighted by atomic mass is 10.2. The molecule has 12 heteroatoms. The van der Waals surface area contributed by atoms with Crippen LogP contribution in [0, 0.1) is 11.3 Å². The van der Waals surface area contributed by atoms with Gasteiger partial charge in [0.2, 0.25) is 10.0 Å². The molecule has 0 bridgehead atoms. The van der Waals surface area contributed by atoms with Crippen LogP contribution in [-0.2, 0) is 10.0 Å². The third-order valence-corrected chi connectivity index (χ3v) is 7.20. The van der Waals surface area contributed by atoms with Gasteiger partial charge < -0.3 is 15.0 Å². The molecule has 32 heavy (non-hydrogen) atoms. The van der Waals surface area contributed by atoms with Crippen molar-refractivity contribution in [3.05, 3.63) is 52.0 Å². The van der Waals surface area contributed by atoms with E-state index in [0.29, 0.717) is 16.6 Å². The molecular formula is C20H19Cl3N4O4S. The van der Waals surface area contributed by atoms with Crippen molar-refractivity contribution < 1.29 is 17.9 Å². The molecule has 0 aromatic heterocycles. The van der Waals surface area contributed by atoms with Crippen molar-refractivity contribution in [1.82, 2.24) is 14.5 Å². The first-order valence-corrected chi connectivity index (χ1v) is 12.2. The summed E-state index contributed by atoms with van der Waals surface area (Å²) in [4.78, 5) is 13.5. The molecule has 0 unspecified atom stereocenters. The Morgan fingerprint density at radius 2 is 1.75 bits per heavy atom. The van der Waals surface area contributed by atoms with Gasteiger partial charge in [0.25, 0.3) is 0 Å². The van der Waals surface area contributed by atoms with Crippen LogP contribution in [0.2, 0.25) is 10.0 Å². The number of rotatable bonds is 6. The minimum absolute atomic E-state index is 0.0321. The molecule has 1 aliphatic heterocycles. The second-order valence-electron chi connectivity index (χ2n) is 6.79. The molecule has 0 atom stereocenters. The molecule has 8 nitrogen and oxygen atoms in total. The molecule has 3 rings (SSSR count). The van der Waals surface area contributed by atoms with Crippen LogP contribution in [0.5, 0.6) is 11.5 Å². The van der Waals surface area contributed by atoms with Crippen molar-refractivity contribution in [2.75, 3.05) is 38.6 Å². The van der Waals surface area contributed by atoms with Crippen LogP contribution in [0.25, 0.3) is 0 Å². The average molecular weight is 518 g/mol. The Kier molecular flexibility index (Phi) is 8.09. The maximum absolute atomic E-state index is 13.4. The van der Waals surface area contributed by atoms with Crippen LogP contribution in [0.15, 0.2) is 41.3 Å². The zero-order valence-electron chi connectivity index (χ0n) is 16.7. The molecule has 0 spiro atoms. The number of nitrogens with zero attached hydrogens (tertiary/aromatic N) is 3. The summed E-state index contributed by atoms with van der Waals surface area (Å²) in [5, 5.41) is 12.6. The summed E-state index contributed by atoms with van der Waals surface area (Å²) >= 11 is 17.6. The molecule has 1 aliphatic rings. The molecule has 2 aromatic carbocycles. The summed E-state index contributed by atoms with van der Waals surface area (Å²) in [5.41, 5.74) is 0.166. The van der Waals surface area contributed by atoms with Gasteiger partial charge in [-0.05, 0) is 36.4 Å². The number of alkyl halides is 1. The van der Waals surface area contributed by atoms with Gasteiger partial charge in [-0.2, -0.15) is 9.57 Å². The van der Waals surface area contributed by atoms with Crippen LogP contribution in [0.1, 0.15) is 5.56 Å². The number of carbonyl (C=O) groups excluding carboxylic acids is 1. The third kappa shape index (κ3) is 5.77. The van der Waals surface area contributed by atoms with Crippen molar-refractivity contribution >= 4 is 50.9 Å². The summed E-state index contributed by atoms with van der Waals surface area (Å²) in [6.07, 6.45) is 0. The number of ether oxygens (including phenoxy) is 1. The van der Waals surface area contributed by atoms with E-state index in [1.54, 1.807) is 0 Å². The molecule has 0 radical (unpaired) electrons. The lowest BCUT2D eigenvalue weighted by Crippen LogP contribution is -2.53. The van der Waals surface area contributed by atoms with Crippen molar-refractivity contribution in [3.63, 3.8) is 0 Å². The fourth-order valence-corrected chi connectivity index (χ4v) is 5.28. The highest BCUT2D eigenvalue weighted by Gasteiger charge is 2.32. The molecule has 1 heterocycles. The number of carbonyl (C=O) groups is 1.